The molecule has 0 bridgehead atoms. The highest BCUT2D eigenvalue weighted by molar-refractivity contribution is 5.95. The van der Waals surface area contributed by atoms with Crippen LogP contribution in [0.5, 0.6) is 0 Å². The largest absolute Gasteiger partial charge is 0.418 e. The fraction of sp³-hybridized carbons (Fsp3) is 0.500. The Bertz CT molecular complexity index is 510. The molecule has 0 aromatic heterocycles. The van der Waals surface area contributed by atoms with E-state index in [4.69, 9.17) is 0 Å². The van der Waals surface area contributed by atoms with Gasteiger partial charge in [0.2, 0.25) is 0 Å². The van der Waals surface area contributed by atoms with Crippen LogP contribution in [0.4, 0.5) is 18.9 Å². The molecule has 1 aliphatic rings. The summed E-state index contributed by atoms with van der Waals surface area (Å²) < 4.78 is 38.9. The SMILES string of the molecule is CNc1ccc(C(=O)N(C)C2CCC2)cc1C(F)(F)F. The van der Waals surface area contributed by atoms with Gasteiger partial charge in [-0.3, -0.25) is 4.79 Å². The van der Waals surface area contributed by atoms with E-state index in [1.807, 2.05) is 0 Å². The van der Waals surface area contributed by atoms with Crippen molar-refractivity contribution in [3.05, 3.63) is 29.3 Å². The van der Waals surface area contributed by atoms with Crippen LogP contribution < -0.4 is 5.32 Å². The molecule has 0 saturated heterocycles. The zero-order chi connectivity index (χ0) is 14.9. The lowest BCUT2D eigenvalue weighted by Crippen LogP contribution is -2.41. The van der Waals surface area contributed by atoms with E-state index >= 15 is 0 Å². The number of rotatable bonds is 3. The van der Waals surface area contributed by atoms with Crippen LogP contribution in [0.15, 0.2) is 18.2 Å². The molecule has 0 radical (unpaired) electrons. The number of hydrogen-bond donors (Lipinski definition) is 1. The molecular weight excluding hydrogens is 269 g/mol. The van der Waals surface area contributed by atoms with E-state index in [-0.39, 0.29) is 23.2 Å². The third kappa shape index (κ3) is 2.73. The number of benzene rings is 1. The lowest BCUT2D eigenvalue weighted by molar-refractivity contribution is -0.136. The van der Waals surface area contributed by atoms with Gasteiger partial charge in [-0.05, 0) is 37.5 Å². The Morgan fingerprint density at radius 1 is 1.35 bits per heavy atom. The quantitative estimate of drug-likeness (QED) is 0.924. The van der Waals surface area contributed by atoms with Crippen molar-refractivity contribution < 1.29 is 18.0 Å². The molecule has 1 amide bonds. The predicted molar refractivity (Wildman–Crippen MR) is 70.7 cm³/mol. The monoisotopic (exact) mass is 286 g/mol. The third-order valence-electron chi connectivity index (χ3n) is 3.78. The van der Waals surface area contributed by atoms with E-state index in [9.17, 15) is 18.0 Å². The summed E-state index contributed by atoms with van der Waals surface area (Å²) in [5.74, 6) is -0.358. The fourth-order valence-electron chi connectivity index (χ4n) is 2.27. The van der Waals surface area contributed by atoms with Gasteiger partial charge in [-0.15, -0.1) is 0 Å². The second-order valence-electron chi connectivity index (χ2n) is 5.01. The number of anilines is 1. The Kier molecular flexibility index (Phi) is 3.92. The van der Waals surface area contributed by atoms with Gasteiger partial charge in [0.15, 0.2) is 0 Å². The molecule has 6 heteroatoms. The summed E-state index contributed by atoms with van der Waals surface area (Å²) in [6, 6.07) is 3.80. The number of hydrogen-bond acceptors (Lipinski definition) is 2. The minimum atomic E-state index is -4.48. The zero-order valence-electron chi connectivity index (χ0n) is 11.4. The topological polar surface area (TPSA) is 32.3 Å². The van der Waals surface area contributed by atoms with Crippen molar-refractivity contribution in [2.24, 2.45) is 0 Å². The molecule has 1 fully saturated rings. The molecule has 1 aliphatic carbocycles. The number of carbonyl (C=O) groups is 1. The molecule has 20 heavy (non-hydrogen) atoms. The van der Waals surface area contributed by atoms with Gasteiger partial charge in [-0.2, -0.15) is 13.2 Å². The van der Waals surface area contributed by atoms with Gasteiger partial charge < -0.3 is 10.2 Å². The number of carbonyl (C=O) groups excluding carboxylic acids is 1. The maximum absolute atomic E-state index is 13.0. The van der Waals surface area contributed by atoms with Gasteiger partial charge >= 0.3 is 6.18 Å². The van der Waals surface area contributed by atoms with Crippen LogP contribution in [-0.2, 0) is 6.18 Å². The molecule has 1 aromatic rings. The molecule has 0 atom stereocenters. The summed E-state index contributed by atoms with van der Waals surface area (Å²) in [6.45, 7) is 0. The Balaban J connectivity index is 2.30. The van der Waals surface area contributed by atoms with Crippen molar-refractivity contribution in [2.75, 3.05) is 19.4 Å². The second-order valence-corrected chi connectivity index (χ2v) is 5.01. The lowest BCUT2D eigenvalue weighted by Gasteiger charge is -2.34. The normalized spacial score (nSPS) is 15.7. The summed E-state index contributed by atoms with van der Waals surface area (Å²) in [6.07, 6.45) is -1.58. The van der Waals surface area contributed by atoms with E-state index < -0.39 is 11.7 Å². The predicted octanol–water partition coefficient (Wildman–Crippen LogP) is 3.37. The van der Waals surface area contributed by atoms with Crippen LogP contribution in [0, 0.1) is 0 Å². The molecule has 0 aliphatic heterocycles. The van der Waals surface area contributed by atoms with Crippen LogP contribution >= 0.6 is 0 Å². The van der Waals surface area contributed by atoms with E-state index in [0.717, 1.165) is 25.3 Å². The first kappa shape index (κ1) is 14.7. The van der Waals surface area contributed by atoms with E-state index in [1.54, 1.807) is 7.05 Å². The van der Waals surface area contributed by atoms with Crippen LogP contribution in [0.3, 0.4) is 0 Å². The number of alkyl halides is 3. The van der Waals surface area contributed by atoms with E-state index in [2.05, 4.69) is 5.32 Å². The standard InChI is InChI=1S/C14H17F3N2O/c1-18-12-7-6-9(8-11(12)14(15,16)17)13(20)19(2)10-4-3-5-10/h6-8,10,18H,3-5H2,1-2H3. The van der Waals surface area contributed by atoms with E-state index in [1.165, 1.54) is 24.1 Å². The van der Waals surface area contributed by atoms with Gasteiger partial charge in [0, 0.05) is 31.4 Å². The molecule has 1 saturated carbocycles. The van der Waals surface area contributed by atoms with Crippen molar-refractivity contribution in [1.29, 1.82) is 0 Å². The van der Waals surface area contributed by atoms with Crippen molar-refractivity contribution in [3.8, 4) is 0 Å². The van der Waals surface area contributed by atoms with Crippen molar-refractivity contribution in [2.45, 2.75) is 31.5 Å². The minimum Gasteiger partial charge on any atom is -0.388 e. The highest BCUT2D eigenvalue weighted by atomic mass is 19.4. The molecular formula is C14H17F3N2O. The summed E-state index contributed by atoms with van der Waals surface area (Å²) in [5, 5.41) is 2.50. The number of nitrogens with zero attached hydrogens (tertiary/aromatic N) is 1. The molecule has 0 unspecified atom stereocenters. The molecule has 1 aromatic carbocycles. The number of nitrogens with one attached hydrogen (secondary N) is 1. The first-order valence-corrected chi connectivity index (χ1v) is 6.50. The molecule has 110 valence electrons. The van der Waals surface area contributed by atoms with Gasteiger partial charge in [-0.1, -0.05) is 0 Å². The van der Waals surface area contributed by atoms with Gasteiger partial charge in [0.05, 0.1) is 5.56 Å². The first-order valence-electron chi connectivity index (χ1n) is 6.50. The Hall–Kier alpha value is -1.72. The average molecular weight is 286 g/mol. The van der Waals surface area contributed by atoms with E-state index in [0.29, 0.717) is 0 Å². The molecule has 0 heterocycles. The third-order valence-corrected chi connectivity index (χ3v) is 3.78. The van der Waals surface area contributed by atoms with Crippen LogP contribution in [0.2, 0.25) is 0 Å². The Labute approximate surface area is 115 Å². The zero-order valence-corrected chi connectivity index (χ0v) is 11.4. The van der Waals surface area contributed by atoms with Gasteiger partial charge in [0.1, 0.15) is 0 Å². The van der Waals surface area contributed by atoms with Gasteiger partial charge in [0.25, 0.3) is 5.91 Å². The molecule has 3 nitrogen and oxygen atoms in total. The van der Waals surface area contributed by atoms with Gasteiger partial charge in [-0.25, -0.2) is 0 Å². The van der Waals surface area contributed by atoms with Crippen molar-refractivity contribution >= 4 is 11.6 Å². The summed E-state index contributed by atoms with van der Waals surface area (Å²) in [5.41, 5.74) is -0.765. The van der Waals surface area contributed by atoms with Crippen molar-refractivity contribution in [3.63, 3.8) is 0 Å². The summed E-state index contributed by atoms with van der Waals surface area (Å²) >= 11 is 0. The lowest BCUT2D eigenvalue weighted by atomic mass is 9.91. The minimum absolute atomic E-state index is 0.0275. The van der Waals surface area contributed by atoms with Crippen molar-refractivity contribution in [1.82, 2.24) is 4.90 Å². The van der Waals surface area contributed by atoms with Crippen LogP contribution in [0.25, 0.3) is 0 Å². The van der Waals surface area contributed by atoms with Crippen LogP contribution in [-0.4, -0.2) is 30.9 Å². The Morgan fingerprint density at radius 2 is 2.00 bits per heavy atom. The average Bonchev–Trinajstić information content (AvgIpc) is 2.34. The summed E-state index contributed by atoms with van der Waals surface area (Å²) in [4.78, 5) is 13.7. The maximum Gasteiger partial charge on any atom is 0.418 e. The highest BCUT2D eigenvalue weighted by Gasteiger charge is 2.35. The fourth-order valence-corrected chi connectivity index (χ4v) is 2.27. The van der Waals surface area contributed by atoms with Crippen LogP contribution in [0.1, 0.15) is 35.2 Å². The number of amides is 1. The number of halogens is 3. The Morgan fingerprint density at radius 3 is 2.45 bits per heavy atom. The summed E-state index contributed by atoms with van der Waals surface area (Å²) in [7, 11) is 3.07. The first-order chi connectivity index (χ1) is 9.34. The second kappa shape index (κ2) is 5.34. The molecule has 0 spiro atoms. The molecule has 1 N–H and O–H groups in total. The smallest absolute Gasteiger partial charge is 0.388 e. The maximum atomic E-state index is 13.0. The molecule has 2 rings (SSSR count). The highest BCUT2D eigenvalue weighted by Crippen LogP contribution is 2.35.